The van der Waals surface area contributed by atoms with Crippen LogP contribution in [0.25, 0.3) is 11.1 Å². The van der Waals surface area contributed by atoms with Gasteiger partial charge in [-0.3, -0.25) is 10.1 Å². The second-order valence-electron chi connectivity index (χ2n) is 7.72. The van der Waals surface area contributed by atoms with E-state index in [4.69, 9.17) is 16.3 Å². The van der Waals surface area contributed by atoms with E-state index in [-0.39, 0.29) is 10.6 Å². The van der Waals surface area contributed by atoms with Crippen LogP contribution in [0.1, 0.15) is 6.92 Å². The minimum atomic E-state index is -0.346. The molecule has 0 N–H and O–H groups in total. The van der Waals surface area contributed by atoms with Crippen LogP contribution in [0, 0.1) is 10.1 Å². The molecule has 0 unspecified atom stereocenters. The number of halogens is 1. The van der Waals surface area contributed by atoms with Crippen LogP contribution < -0.4 is 9.80 Å². The molecule has 2 aliphatic rings. The summed E-state index contributed by atoms with van der Waals surface area (Å²) in [5.74, 6) is 0.621. The molecule has 1 atom stereocenters. The molecular formula is C20H25ClN6O3. The first-order valence-corrected chi connectivity index (χ1v) is 10.4. The highest BCUT2D eigenvalue weighted by Crippen LogP contribution is 2.39. The number of hydrogen-bond donors (Lipinski definition) is 0. The normalized spacial score (nSPS) is 20.4. The molecule has 0 amide bonds. The molecule has 9 nitrogen and oxygen atoms in total. The van der Waals surface area contributed by atoms with Gasteiger partial charge in [0.2, 0.25) is 5.95 Å². The number of ether oxygens (including phenoxy) is 1. The molecule has 0 bridgehead atoms. The van der Waals surface area contributed by atoms with E-state index in [2.05, 4.69) is 33.7 Å². The molecule has 2 aliphatic heterocycles. The van der Waals surface area contributed by atoms with Crippen LogP contribution in [0.2, 0.25) is 5.02 Å². The van der Waals surface area contributed by atoms with Gasteiger partial charge in [0.25, 0.3) is 5.69 Å². The second-order valence-corrected chi connectivity index (χ2v) is 8.13. The summed E-state index contributed by atoms with van der Waals surface area (Å²) in [4.78, 5) is 26.7. The minimum Gasteiger partial charge on any atom is -0.378 e. The van der Waals surface area contributed by atoms with Crippen molar-refractivity contribution in [1.29, 1.82) is 0 Å². The molecule has 4 rings (SSSR count). The molecule has 0 aliphatic carbocycles. The van der Waals surface area contributed by atoms with Crippen molar-refractivity contribution in [2.45, 2.75) is 13.0 Å². The number of likely N-dealkylation sites (N-methyl/N-ethyl adjacent to an activating group) is 1. The Hall–Kier alpha value is -2.49. The summed E-state index contributed by atoms with van der Waals surface area (Å²) in [7, 11) is 2.06. The topological polar surface area (TPSA) is 87.9 Å². The number of piperazine rings is 1. The van der Waals surface area contributed by atoms with Gasteiger partial charge >= 0.3 is 0 Å². The second kappa shape index (κ2) is 8.71. The van der Waals surface area contributed by atoms with Crippen LogP contribution in [-0.4, -0.2) is 78.8 Å². The summed E-state index contributed by atoms with van der Waals surface area (Å²) in [6, 6.07) is 3.54. The van der Waals surface area contributed by atoms with Crippen molar-refractivity contribution >= 4 is 28.9 Å². The van der Waals surface area contributed by atoms with Gasteiger partial charge in [0.05, 0.1) is 23.2 Å². The molecule has 0 saturated carbocycles. The Morgan fingerprint density at radius 2 is 1.83 bits per heavy atom. The molecular weight excluding hydrogens is 408 g/mol. The van der Waals surface area contributed by atoms with E-state index in [9.17, 15) is 10.1 Å². The summed E-state index contributed by atoms with van der Waals surface area (Å²) in [5, 5.41) is 12.3. The zero-order chi connectivity index (χ0) is 21.3. The lowest BCUT2D eigenvalue weighted by atomic mass is 10.1. The Kier molecular flexibility index (Phi) is 6.03. The molecule has 2 aromatic rings. The van der Waals surface area contributed by atoms with Crippen molar-refractivity contribution in [2.24, 2.45) is 0 Å². The quantitative estimate of drug-likeness (QED) is 0.538. The van der Waals surface area contributed by atoms with Crippen molar-refractivity contribution < 1.29 is 9.66 Å². The number of hydrogen-bond acceptors (Lipinski definition) is 8. The maximum Gasteiger partial charge on any atom is 0.293 e. The fourth-order valence-corrected chi connectivity index (χ4v) is 4.09. The van der Waals surface area contributed by atoms with E-state index < -0.39 is 0 Å². The lowest BCUT2D eigenvalue weighted by Gasteiger charge is -2.38. The number of rotatable bonds is 4. The molecule has 2 saturated heterocycles. The summed E-state index contributed by atoms with van der Waals surface area (Å²) in [6.45, 7) is 7.16. The summed E-state index contributed by atoms with van der Waals surface area (Å²) >= 11 is 6.57. The van der Waals surface area contributed by atoms with Crippen molar-refractivity contribution in [3.63, 3.8) is 0 Å². The first-order valence-electron chi connectivity index (χ1n) is 10.0. The number of anilines is 2. The monoisotopic (exact) mass is 432 g/mol. The van der Waals surface area contributed by atoms with Crippen LogP contribution in [0.15, 0.2) is 24.5 Å². The maximum atomic E-state index is 11.8. The van der Waals surface area contributed by atoms with Crippen LogP contribution in [-0.2, 0) is 4.74 Å². The van der Waals surface area contributed by atoms with E-state index in [1.165, 1.54) is 6.07 Å². The van der Waals surface area contributed by atoms with Crippen LogP contribution >= 0.6 is 11.6 Å². The van der Waals surface area contributed by atoms with E-state index in [1.807, 2.05) is 4.90 Å². The van der Waals surface area contributed by atoms with Gasteiger partial charge in [-0.25, -0.2) is 9.97 Å². The van der Waals surface area contributed by atoms with Crippen molar-refractivity contribution in [3.8, 4) is 11.1 Å². The smallest absolute Gasteiger partial charge is 0.293 e. The number of aromatic nitrogens is 2. The van der Waals surface area contributed by atoms with Crippen molar-refractivity contribution in [3.05, 3.63) is 39.7 Å². The highest BCUT2D eigenvalue weighted by atomic mass is 35.5. The highest BCUT2D eigenvalue weighted by Gasteiger charge is 2.28. The molecule has 10 heteroatoms. The van der Waals surface area contributed by atoms with Gasteiger partial charge < -0.3 is 19.4 Å². The van der Waals surface area contributed by atoms with E-state index in [0.717, 1.165) is 19.6 Å². The zero-order valence-corrected chi connectivity index (χ0v) is 17.9. The average molecular weight is 433 g/mol. The van der Waals surface area contributed by atoms with Crippen molar-refractivity contribution in [1.82, 2.24) is 14.9 Å². The Labute approximate surface area is 180 Å². The van der Waals surface area contributed by atoms with Gasteiger partial charge in [0, 0.05) is 68.4 Å². The maximum absolute atomic E-state index is 11.8. The van der Waals surface area contributed by atoms with Gasteiger partial charge in [-0.15, -0.1) is 0 Å². The standard InChI is InChI=1S/C20H25ClN6O3/c1-14-13-26(4-3-24(14)2)18-10-17(21)16(9-19(18)27(28)29)15-11-22-20(23-12-15)25-5-7-30-8-6-25/h9-12,14H,3-8,13H2,1-2H3/t14-/m0/s1. The van der Waals surface area contributed by atoms with E-state index in [0.29, 0.717) is 60.1 Å². The van der Waals surface area contributed by atoms with E-state index in [1.54, 1.807) is 18.5 Å². The Bertz CT molecular complexity index is 920. The molecule has 30 heavy (non-hydrogen) atoms. The van der Waals surface area contributed by atoms with Gasteiger partial charge in [0.1, 0.15) is 5.69 Å². The minimum absolute atomic E-state index is 0.0448. The number of nitrogens with zero attached hydrogens (tertiary/aromatic N) is 6. The average Bonchev–Trinajstić information content (AvgIpc) is 2.76. The third-order valence-corrected chi connectivity index (χ3v) is 6.12. The molecule has 0 radical (unpaired) electrons. The number of nitro benzene ring substituents is 1. The Balaban J connectivity index is 1.64. The summed E-state index contributed by atoms with van der Waals surface area (Å²) < 4.78 is 5.35. The van der Waals surface area contributed by atoms with Crippen LogP contribution in [0.4, 0.5) is 17.3 Å². The SMILES string of the molecule is C[C@H]1CN(c2cc(Cl)c(-c3cnc(N4CCOCC4)nc3)cc2[N+](=O)[O-])CCN1C. The summed E-state index contributed by atoms with van der Waals surface area (Å²) in [5.41, 5.74) is 1.81. The summed E-state index contributed by atoms with van der Waals surface area (Å²) in [6.07, 6.45) is 3.33. The lowest BCUT2D eigenvalue weighted by molar-refractivity contribution is -0.384. The molecule has 3 heterocycles. The van der Waals surface area contributed by atoms with Crippen LogP contribution in [0.5, 0.6) is 0 Å². The fourth-order valence-electron chi connectivity index (χ4n) is 3.83. The third kappa shape index (κ3) is 4.19. The number of nitro groups is 1. The largest absolute Gasteiger partial charge is 0.378 e. The molecule has 2 fully saturated rings. The molecule has 0 spiro atoms. The van der Waals surface area contributed by atoms with Crippen molar-refractivity contribution in [2.75, 3.05) is 62.8 Å². The van der Waals surface area contributed by atoms with Gasteiger partial charge in [-0.05, 0) is 20.0 Å². The number of benzene rings is 1. The predicted octanol–water partition coefficient (Wildman–Crippen LogP) is 2.68. The number of morpholine rings is 1. The Morgan fingerprint density at radius 1 is 1.13 bits per heavy atom. The predicted molar refractivity (Wildman–Crippen MR) is 116 cm³/mol. The lowest BCUT2D eigenvalue weighted by Crippen LogP contribution is -2.50. The zero-order valence-electron chi connectivity index (χ0n) is 17.1. The molecule has 160 valence electrons. The Morgan fingerprint density at radius 3 is 2.47 bits per heavy atom. The highest BCUT2D eigenvalue weighted by molar-refractivity contribution is 6.33. The van der Waals surface area contributed by atoms with E-state index >= 15 is 0 Å². The first kappa shape index (κ1) is 20.8. The molecule has 1 aromatic heterocycles. The van der Waals surface area contributed by atoms with Gasteiger partial charge in [0.15, 0.2) is 0 Å². The molecule has 1 aromatic carbocycles. The fraction of sp³-hybridized carbons (Fsp3) is 0.500. The third-order valence-electron chi connectivity index (χ3n) is 5.80. The van der Waals surface area contributed by atoms with Gasteiger partial charge in [-0.1, -0.05) is 11.6 Å². The first-order chi connectivity index (χ1) is 14.4. The van der Waals surface area contributed by atoms with Crippen LogP contribution in [0.3, 0.4) is 0 Å². The van der Waals surface area contributed by atoms with Gasteiger partial charge in [-0.2, -0.15) is 0 Å².